The fourth-order valence-corrected chi connectivity index (χ4v) is 1.48. The van der Waals surface area contributed by atoms with Crippen LogP contribution in [-0.2, 0) is 0 Å². The lowest BCUT2D eigenvalue weighted by Crippen LogP contribution is -2.22. The summed E-state index contributed by atoms with van der Waals surface area (Å²) in [5.74, 6) is -1.47. The average molecular weight is 282 g/mol. The predicted octanol–water partition coefficient (Wildman–Crippen LogP) is 1.77. The molecule has 0 fully saturated rings. The van der Waals surface area contributed by atoms with E-state index < -0.39 is 17.2 Å². The van der Waals surface area contributed by atoms with Gasteiger partial charge in [-0.05, 0) is 31.3 Å². The van der Waals surface area contributed by atoms with Crippen molar-refractivity contribution in [3.05, 3.63) is 56.2 Å². The molecular weight excluding hydrogens is 274 g/mol. The lowest BCUT2D eigenvalue weighted by molar-refractivity contribution is 0.582. The van der Waals surface area contributed by atoms with Crippen LogP contribution >= 0.6 is 12.2 Å². The minimum atomic E-state index is -0.780. The van der Waals surface area contributed by atoms with E-state index in [4.69, 9.17) is 12.2 Å². The van der Waals surface area contributed by atoms with Crippen molar-refractivity contribution in [2.24, 2.45) is 5.10 Å². The van der Waals surface area contributed by atoms with Crippen molar-refractivity contribution in [1.29, 1.82) is 0 Å². The van der Waals surface area contributed by atoms with Gasteiger partial charge in [0.2, 0.25) is 4.77 Å². The maximum Gasteiger partial charge on any atom is 0.296 e. The van der Waals surface area contributed by atoms with E-state index in [0.717, 1.165) is 23.0 Å². The number of halogens is 2. The lowest BCUT2D eigenvalue weighted by Gasteiger charge is -2.00. The minimum absolute atomic E-state index is 0.0191. The van der Waals surface area contributed by atoms with Crippen LogP contribution in [-0.4, -0.2) is 21.1 Å². The van der Waals surface area contributed by atoms with Crippen LogP contribution in [0.5, 0.6) is 0 Å². The molecule has 2 aromatic rings. The third kappa shape index (κ3) is 2.79. The SMILES string of the molecule is Cc1n[nH]c(=S)n(/N=C\c2ccc(F)cc2F)c1=O. The largest absolute Gasteiger partial charge is 0.296 e. The van der Waals surface area contributed by atoms with Gasteiger partial charge in [-0.15, -0.1) is 0 Å². The Kier molecular flexibility index (Phi) is 3.61. The highest BCUT2D eigenvalue weighted by Gasteiger charge is 2.03. The summed E-state index contributed by atoms with van der Waals surface area (Å²) in [7, 11) is 0. The number of aryl methyl sites for hydroxylation is 1. The van der Waals surface area contributed by atoms with Crippen LogP contribution < -0.4 is 5.56 Å². The molecule has 1 N–H and O–H groups in total. The number of hydrogen-bond acceptors (Lipinski definition) is 4. The van der Waals surface area contributed by atoms with Gasteiger partial charge in [0.25, 0.3) is 5.56 Å². The molecule has 1 aromatic carbocycles. The molecule has 19 heavy (non-hydrogen) atoms. The molecule has 0 radical (unpaired) electrons. The van der Waals surface area contributed by atoms with Crippen molar-refractivity contribution in [2.75, 3.05) is 0 Å². The van der Waals surface area contributed by atoms with Gasteiger partial charge in [-0.3, -0.25) is 9.89 Å². The van der Waals surface area contributed by atoms with Crippen molar-refractivity contribution in [3.8, 4) is 0 Å². The van der Waals surface area contributed by atoms with Crippen LogP contribution in [0.3, 0.4) is 0 Å². The Hall–Kier alpha value is -2.22. The summed E-state index contributed by atoms with van der Waals surface area (Å²) in [6, 6.07) is 3.02. The molecule has 98 valence electrons. The minimum Gasteiger partial charge on any atom is -0.265 e. The molecule has 0 bridgehead atoms. The van der Waals surface area contributed by atoms with E-state index in [1.54, 1.807) is 0 Å². The topological polar surface area (TPSA) is 63.0 Å². The van der Waals surface area contributed by atoms with Crippen LogP contribution in [0.1, 0.15) is 11.3 Å². The molecular formula is C11H8F2N4OS. The van der Waals surface area contributed by atoms with Crippen LogP contribution in [0.4, 0.5) is 8.78 Å². The first-order valence-electron chi connectivity index (χ1n) is 5.17. The van der Waals surface area contributed by atoms with Gasteiger partial charge in [0.05, 0.1) is 6.21 Å². The molecule has 0 spiro atoms. The van der Waals surface area contributed by atoms with Crippen molar-refractivity contribution >= 4 is 18.4 Å². The predicted molar refractivity (Wildman–Crippen MR) is 67.8 cm³/mol. The highest BCUT2D eigenvalue weighted by Crippen LogP contribution is 2.07. The number of aromatic nitrogens is 3. The van der Waals surface area contributed by atoms with Crippen molar-refractivity contribution < 1.29 is 8.78 Å². The number of nitrogens with zero attached hydrogens (tertiary/aromatic N) is 3. The third-order valence-corrected chi connectivity index (χ3v) is 2.55. The van der Waals surface area contributed by atoms with Gasteiger partial charge in [-0.25, -0.2) is 8.78 Å². The Bertz CT molecular complexity index is 766. The van der Waals surface area contributed by atoms with E-state index in [1.165, 1.54) is 13.0 Å². The molecule has 0 amide bonds. The van der Waals surface area contributed by atoms with E-state index in [9.17, 15) is 13.6 Å². The summed E-state index contributed by atoms with van der Waals surface area (Å²) in [5.41, 5.74) is -0.301. The Morgan fingerprint density at radius 3 is 2.89 bits per heavy atom. The van der Waals surface area contributed by atoms with Crippen molar-refractivity contribution in [2.45, 2.75) is 6.92 Å². The van der Waals surface area contributed by atoms with Crippen molar-refractivity contribution in [3.63, 3.8) is 0 Å². The smallest absolute Gasteiger partial charge is 0.265 e. The van der Waals surface area contributed by atoms with Gasteiger partial charge < -0.3 is 0 Å². The fourth-order valence-electron chi connectivity index (χ4n) is 1.30. The highest BCUT2D eigenvalue weighted by molar-refractivity contribution is 7.71. The van der Waals surface area contributed by atoms with Crippen LogP contribution in [0, 0.1) is 23.3 Å². The molecule has 1 aromatic heterocycles. The van der Waals surface area contributed by atoms with Gasteiger partial charge in [0.15, 0.2) is 0 Å². The zero-order chi connectivity index (χ0) is 14.0. The maximum absolute atomic E-state index is 13.4. The lowest BCUT2D eigenvalue weighted by atomic mass is 10.2. The molecule has 5 nitrogen and oxygen atoms in total. The quantitative estimate of drug-likeness (QED) is 0.674. The first-order chi connectivity index (χ1) is 8.99. The maximum atomic E-state index is 13.4. The van der Waals surface area contributed by atoms with E-state index >= 15 is 0 Å². The molecule has 0 saturated carbocycles. The summed E-state index contributed by atoms with van der Waals surface area (Å²) < 4.78 is 26.9. The van der Waals surface area contributed by atoms with Gasteiger partial charge in [0, 0.05) is 11.6 Å². The number of hydrogen-bond donors (Lipinski definition) is 1. The summed E-state index contributed by atoms with van der Waals surface area (Å²) in [4.78, 5) is 11.7. The number of rotatable bonds is 2. The molecule has 0 atom stereocenters. The van der Waals surface area contributed by atoms with Crippen LogP contribution in [0.2, 0.25) is 0 Å². The number of benzene rings is 1. The first-order valence-corrected chi connectivity index (χ1v) is 5.57. The molecule has 8 heteroatoms. The molecule has 0 aliphatic rings. The third-order valence-electron chi connectivity index (χ3n) is 2.29. The van der Waals surface area contributed by atoms with Gasteiger partial charge in [-0.2, -0.15) is 14.9 Å². The second kappa shape index (κ2) is 5.19. The Labute approximate surface area is 111 Å². The van der Waals surface area contributed by atoms with Gasteiger partial charge in [0.1, 0.15) is 17.3 Å². The molecule has 2 rings (SSSR count). The van der Waals surface area contributed by atoms with Crippen LogP contribution in [0.25, 0.3) is 0 Å². The highest BCUT2D eigenvalue weighted by atomic mass is 32.1. The molecule has 0 saturated heterocycles. The Morgan fingerprint density at radius 2 is 2.21 bits per heavy atom. The van der Waals surface area contributed by atoms with E-state index in [1.807, 2.05) is 0 Å². The molecule has 0 aliphatic heterocycles. The Morgan fingerprint density at radius 1 is 1.47 bits per heavy atom. The zero-order valence-electron chi connectivity index (χ0n) is 9.72. The summed E-state index contributed by atoms with van der Waals surface area (Å²) in [6.45, 7) is 1.48. The number of aromatic amines is 1. The normalized spacial score (nSPS) is 11.1. The van der Waals surface area contributed by atoms with Gasteiger partial charge in [-0.1, -0.05) is 0 Å². The first kappa shape index (κ1) is 13.2. The number of H-pyrrole nitrogens is 1. The van der Waals surface area contributed by atoms with E-state index in [2.05, 4.69) is 15.3 Å². The Balaban J connectivity index is 2.47. The fraction of sp³-hybridized carbons (Fsp3) is 0.0909. The molecule has 0 unspecified atom stereocenters. The second-order valence-corrected chi connectivity index (χ2v) is 4.03. The van der Waals surface area contributed by atoms with Crippen LogP contribution in [0.15, 0.2) is 28.1 Å². The van der Waals surface area contributed by atoms with Gasteiger partial charge >= 0.3 is 0 Å². The summed E-state index contributed by atoms with van der Waals surface area (Å²) in [5, 5.41) is 9.86. The summed E-state index contributed by atoms with van der Waals surface area (Å²) in [6.07, 6.45) is 1.08. The monoisotopic (exact) mass is 282 g/mol. The zero-order valence-corrected chi connectivity index (χ0v) is 10.5. The number of nitrogens with one attached hydrogen (secondary N) is 1. The molecule has 0 aliphatic carbocycles. The molecule has 1 heterocycles. The van der Waals surface area contributed by atoms with Crippen molar-refractivity contribution in [1.82, 2.24) is 14.9 Å². The summed E-state index contributed by atoms with van der Waals surface area (Å²) >= 11 is 4.85. The van der Waals surface area contributed by atoms with E-state index in [-0.39, 0.29) is 16.0 Å². The average Bonchev–Trinajstić information content (AvgIpc) is 2.36. The second-order valence-electron chi connectivity index (χ2n) is 3.64. The van der Waals surface area contributed by atoms with E-state index in [0.29, 0.717) is 0 Å². The standard InChI is InChI=1S/C11H8F2N4OS/c1-6-10(18)17(11(19)16-15-6)14-5-7-2-3-8(12)4-9(7)13/h2-5H,1H3,(H,16,19)/b14-5-.